The average Bonchev–Trinajstić information content (AvgIpc) is 2.40. The molecule has 0 aliphatic heterocycles. The van der Waals surface area contributed by atoms with E-state index < -0.39 is 5.97 Å². The Morgan fingerprint density at radius 3 is 2.70 bits per heavy atom. The quantitative estimate of drug-likeness (QED) is 0.668. The lowest BCUT2D eigenvalue weighted by atomic mass is 10.1. The highest BCUT2D eigenvalue weighted by Gasteiger charge is 2.12. The van der Waals surface area contributed by atoms with Gasteiger partial charge in [0.1, 0.15) is 0 Å². The third kappa shape index (κ3) is 4.28. The van der Waals surface area contributed by atoms with Crippen LogP contribution in [0.5, 0.6) is 0 Å². The Labute approximate surface area is 122 Å². The Morgan fingerprint density at radius 1 is 1.40 bits per heavy atom. The van der Waals surface area contributed by atoms with Gasteiger partial charge in [-0.25, -0.2) is 4.79 Å². The maximum Gasteiger partial charge on any atom is 0.339 e. The number of benzene rings is 1. The lowest BCUT2D eigenvalue weighted by Gasteiger charge is -2.07. The van der Waals surface area contributed by atoms with E-state index in [4.69, 9.17) is 22.1 Å². The van der Waals surface area contributed by atoms with Gasteiger partial charge in [-0.3, -0.25) is 4.79 Å². The van der Waals surface area contributed by atoms with Crippen molar-refractivity contribution >= 4 is 35.3 Å². The summed E-state index contributed by atoms with van der Waals surface area (Å²) in [5.74, 6) is -0.872. The summed E-state index contributed by atoms with van der Waals surface area (Å²) < 4.78 is 9.42. The van der Waals surface area contributed by atoms with Crippen molar-refractivity contribution in [1.82, 2.24) is 0 Å². The lowest BCUT2D eigenvalue weighted by molar-refractivity contribution is -0.142. The first kappa shape index (κ1) is 16.0. The number of hydrogen-bond acceptors (Lipinski definition) is 5. The highest BCUT2D eigenvalue weighted by molar-refractivity contribution is 6.32. The van der Waals surface area contributed by atoms with Gasteiger partial charge in [0.05, 0.1) is 25.7 Å². The van der Waals surface area contributed by atoms with Gasteiger partial charge in [-0.05, 0) is 24.6 Å². The van der Waals surface area contributed by atoms with Gasteiger partial charge in [0.25, 0.3) is 0 Å². The van der Waals surface area contributed by atoms with E-state index in [1.807, 2.05) is 0 Å². The molecule has 108 valence electrons. The van der Waals surface area contributed by atoms with E-state index in [0.717, 1.165) is 0 Å². The van der Waals surface area contributed by atoms with Crippen LogP contribution in [-0.2, 0) is 14.3 Å². The number of nitrogens with two attached hydrogens (primary N) is 1. The monoisotopic (exact) mass is 297 g/mol. The molecule has 0 aliphatic carbocycles. The van der Waals surface area contributed by atoms with Crippen LogP contribution in [-0.4, -0.2) is 25.7 Å². The number of ether oxygens (including phenoxy) is 2. The number of methoxy groups -OCH3 is 1. The SMILES string of the molecule is CCOC(=O)CC=Cc1cc(C(=O)OC)c(N)cc1Cl. The zero-order chi connectivity index (χ0) is 15.1. The molecule has 0 amide bonds. The molecule has 0 aromatic heterocycles. The number of nitrogen functional groups attached to an aromatic ring is 1. The number of esters is 2. The standard InChI is InChI=1S/C14H16ClNO4/c1-3-20-13(17)6-4-5-9-7-10(14(18)19-2)12(16)8-11(9)15/h4-5,7-8H,3,6,16H2,1-2H3. The molecule has 0 radical (unpaired) electrons. The fraction of sp³-hybridized carbons (Fsp3) is 0.286. The van der Waals surface area contributed by atoms with E-state index in [9.17, 15) is 9.59 Å². The molecule has 1 aromatic rings. The first-order chi connectivity index (χ1) is 9.49. The van der Waals surface area contributed by atoms with Crippen LogP contribution in [0.1, 0.15) is 29.3 Å². The van der Waals surface area contributed by atoms with Crippen molar-refractivity contribution in [3.05, 3.63) is 34.4 Å². The summed E-state index contributed by atoms with van der Waals surface area (Å²) in [5, 5.41) is 0.385. The van der Waals surface area contributed by atoms with Crippen LogP contribution in [0.4, 0.5) is 5.69 Å². The van der Waals surface area contributed by atoms with Gasteiger partial charge in [-0.2, -0.15) is 0 Å². The van der Waals surface area contributed by atoms with E-state index in [-0.39, 0.29) is 23.6 Å². The summed E-state index contributed by atoms with van der Waals surface area (Å²) in [6.07, 6.45) is 3.36. The van der Waals surface area contributed by atoms with Crippen molar-refractivity contribution < 1.29 is 19.1 Å². The van der Waals surface area contributed by atoms with E-state index in [2.05, 4.69) is 4.74 Å². The number of rotatable bonds is 5. The van der Waals surface area contributed by atoms with Gasteiger partial charge in [-0.1, -0.05) is 23.8 Å². The Kier molecular flexibility index (Phi) is 6.06. The van der Waals surface area contributed by atoms with Crippen LogP contribution >= 0.6 is 11.6 Å². The van der Waals surface area contributed by atoms with Gasteiger partial charge in [0.15, 0.2) is 0 Å². The Balaban J connectivity index is 2.92. The molecule has 0 aliphatic rings. The highest BCUT2D eigenvalue weighted by atomic mass is 35.5. The lowest BCUT2D eigenvalue weighted by Crippen LogP contribution is -2.06. The smallest absolute Gasteiger partial charge is 0.339 e. The van der Waals surface area contributed by atoms with Crippen molar-refractivity contribution in [2.24, 2.45) is 0 Å². The van der Waals surface area contributed by atoms with Crippen molar-refractivity contribution in [1.29, 1.82) is 0 Å². The Bertz CT molecular complexity index is 540. The van der Waals surface area contributed by atoms with Crippen LogP contribution in [0, 0.1) is 0 Å². The minimum absolute atomic E-state index is 0.127. The van der Waals surface area contributed by atoms with Crippen LogP contribution in [0.2, 0.25) is 5.02 Å². The topological polar surface area (TPSA) is 78.6 Å². The second-order valence-corrected chi connectivity index (χ2v) is 4.27. The van der Waals surface area contributed by atoms with Crippen LogP contribution in [0.15, 0.2) is 18.2 Å². The summed E-state index contributed by atoms with van der Waals surface area (Å²) in [6, 6.07) is 2.99. The predicted molar refractivity (Wildman–Crippen MR) is 77.5 cm³/mol. The highest BCUT2D eigenvalue weighted by Crippen LogP contribution is 2.25. The summed E-state index contributed by atoms with van der Waals surface area (Å²) in [6.45, 7) is 2.07. The molecule has 6 heteroatoms. The summed E-state index contributed by atoms with van der Waals surface area (Å²) >= 11 is 6.03. The number of anilines is 1. The normalized spacial score (nSPS) is 10.6. The van der Waals surface area contributed by atoms with Crippen molar-refractivity contribution in [3.63, 3.8) is 0 Å². The first-order valence-electron chi connectivity index (χ1n) is 5.99. The number of hydrogen-bond donors (Lipinski definition) is 1. The molecule has 5 nitrogen and oxygen atoms in total. The maximum atomic E-state index is 11.5. The molecule has 0 heterocycles. The van der Waals surface area contributed by atoms with Crippen molar-refractivity contribution in [2.75, 3.05) is 19.5 Å². The first-order valence-corrected chi connectivity index (χ1v) is 6.36. The molecule has 20 heavy (non-hydrogen) atoms. The molecule has 0 bridgehead atoms. The van der Waals surface area contributed by atoms with Gasteiger partial charge in [-0.15, -0.1) is 0 Å². The van der Waals surface area contributed by atoms with E-state index in [0.29, 0.717) is 17.2 Å². The minimum atomic E-state index is -0.542. The summed E-state index contributed by atoms with van der Waals surface area (Å²) in [4.78, 5) is 22.7. The third-order valence-electron chi connectivity index (χ3n) is 2.46. The van der Waals surface area contributed by atoms with E-state index in [1.165, 1.54) is 19.2 Å². The van der Waals surface area contributed by atoms with Crippen molar-refractivity contribution in [2.45, 2.75) is 13.3 Å². The molecule has 0 atom stereocenters. The maximum absolute atomic E-state index is 11.5. The van der Waals surface area contributed by atoms with Crippen molar-refractivity contribution in [3.8, 4) is 0 Å². The molecular formula is C14H16ClNO4. The zero-order valence-corrected chi connectivity index (χ0v) is 12.1. The fourth-order valence-corrected chi connectivity index (χ4v) is 1.76. The predicted octanol–water partition coefficient (Wildman–Crippen LogP) is 2.68. The van der Waals surface area contributed by atoms with Gasteiger partial charge >= 0.3 is 11.9 Å². The van der Waals surface area contributed by atoms with Crippen LogP contribution < -0.4 is 5.73 Å². The second kappa shape index (κ2) is 7.55. The molecule has 0 saturated carbocycles. The molecule has 1 aromatic carbocycles. The fourth-order valence-electron chi connectivity index (χ4n) is 1.52. The Hall–Kier alpha value is -2.01. The molecule has 0 fully saturated rings. The number of halogens is 1. The molecule has 2 N–H and O–H groups in total. The largest absolute Gasteiger partial charge is 0.466 e. The summed E-state index contributed by atoms with van der Waals surface area (Å²) in [5.41, 5.74) is 6.74. The minimum Gasteiger partial charge on any atom is -0.466 e. The van der Waals surface area contributed by atoms with Crippen LogP contribution in [0.25, 0.3) is 6.08 Å². The van der Waals surface area contributed by atoms with Gasteiger partial charge in [0.2, 0.25) is 0 Å². The Morgan fingerprint density at radius 2 is 2.10 bits per heavy atom. The van der Waals surface area contributed by atoms with E-state index >= 15 is 0 Å². The van der Waals surface area contributed by atoms with Gasteiger partial charge < -0.3 is 15.2 Å². The van der Waals surface area contributed by atoms with Gasteiger partial charge in [0, 0.05) is 10.7 Å². The number of carbonyl (C=O) groups is 2. The average molecular weight is 298 g/mol. The second-order valence-electron chi connectivity index (χ2n) is 3.86. The third-order valence-corrected chi connectivity index (χ3v) is 2.79. The van der Waals surface area contributed by atoms with Crippen LogP contribution in [0.3, 0.4) is 0 Å². The molecular weight excluding hydrogens is 282 g/mol. The molecule has 0 unspecified atom stereocenters. The molecule has 0 spiro atoms. The summed E-state index contributed by atoms with van der Waals surface area (Å²) in [7, 11) is 1.27. The van der Waals surface area contributed by atoms with E-state index in [1.54, 1.807) is 19.1 Å². The molecule has 0 saturated heterocycles. The zero-order valence-electron chi connectivity index (χ0n) is 11.3. The molecule has 1 rings (SSSR count). The number of carbonyl (C=O) groups excluding carboxylic acids is 2.